The van der Waals surface area contributed by atoms with Gasteiger partial charge in [-0.3, -0.25) is 0 Å². The SMILES string of the molecule is Cc1c2c(c(C)c3c1C(C)OC(C)C3C)CCC2C. The molecule has 0 radical (unpaired) electrons. The van der Waals surface area contributed by atoms with Gasteiger partial charge >= 0.3 is 0 Å². The second-order valence-electron chi connectivity index (χ2n) is 6.68. The first-order valence-electron chi connectivity index (χ1n) is 7.74. The minimum absolute atomic E-state index is 0.248. The van der Waals surface area contributed by atoms with Crippen LogP contribution in [0.2, 0.25) is 0 Å². The van der Waals surface area contributed by atoms with E-state index in [-0.39, 0.29) is 6.10 Å². The summed E-state index contributed by atoms with van der Waals surface area (Å²) in [5.74, 6) is 1.24. The lowest BCUT2D eigenvalue weighted by Gasteiger charge is -2.37. The molecule has 1 heteroatoms. The van der Waals surface area contributed by atoms with Gasteiger partial charge in [0, 0.05) is 5.92 Å². The normalized spacial score (nSPS) is 33.2. The average Bonchev–Trinajstić information content (AvgIpc) is 2.73. The van der Waals surface area contributed by atoms with Crippen molar-refractivity contribution < 1.29 is 4.74 Å². The predicted octanol–water partition coefficient (Wildman–Crippen LogP) is 4.94. The number of hydrogen-bond acceptors (Lipinski definition) is 1. The van der Waals surface area contributed by atoms with Gasteiger partial charge in [0.1, 0.15) is 0 Å². The zero-order valence-electron chi connectivity index (χ0n) is 13.1. The van der Waals surface area contributed by atoms with Crippen LogP contribution in [0.1, 0.15) is 85.4 Å². The van der Waals surface area contributed by atoms with E-state index in [1.54, 1.807) is 22.3 Å². The number of hydrogen-bond donors (Lipinski definition) is 0. The molecule has 1 aromatic rings. The molecule has 0 saturated heterocycles. The standard InChI is InChI=1S/C18H26O/c1-9-7-8-15-11(3)17-10(2)13(5)19-14(6)18(17)12(4)16(9)15/h9-10,13-14H,7-8H2,1-6H3. The van der Waals surface area contributed by atoms with Crippen LogP contribution >= 0.6 is 0 Å². The Morgan fingerprint density at radius 2 is 1.58 bits per heavy atom. The zero-order chi connectivity index (χ0) is 13.9. The van der Waals surface area contributed by atoms with Gasteiger partial charge in [-0.2, -0.15) is 0 Å². The summed E-state index contributed by atoms with van der Waals surface area (Å²) in [4.78, 5) is 0. The molecule has 2 aliphatic rings. The summed E-state index contributed by atoms with van der Waals surface area (Å²) < 4.78 is 6.16. The van der Waals surface area contributed by atoms with Crippen molar-refractivity contribution in [2.75, 3.05) is 0 Å². The van der Waals surface area contributed by atoms with Crippen LogP contribution in [-0.2, 0) is 11.2 Å². The average molecular weight is 258 g/mol. The van der Waals surface area contributed by atoms with Gasteiger partial charge in [-0.1, -0.05) is 13.8 Å². The Morgan fingerprint density at radius 3 is 2.26 bits per heavy atom. The minimum Gasteiger partial charge on any atom is -0.370 e. The topological polar surface area (TPSA) is 9.23 Å². The molecule has 0 saturated carbocycles. The number of fused-ring (bicyclic) bond motifs is 2. The van der Waals surface area contributed by atoms with Gasteiger partial charge in [0.25, 0.3) is 0 Å². The summed E-state index contributed by atoms with van der Waals surface area (Å²) in [7, 11) is 0. The number of benzene rings is 1. The third-order valence-corrected chi connectivity index (χ3v) is 5.58. The van der Waals surface area contributed by atoms with Crippen LogP contribution in [0.5, 0.6) is 0 Å². The maximum Gasteiger partial charge on any atom is 0.0806 e. The molecule has 1 aliphatic carbocycles. The van der Waals surface area contributed by atoms with E-state index in [1.165, 1.54) is 24.0 Å². The lowest BCUT2D eigenvalue weighted by Crippen LogP contribution is -2.28. The number of ether oxygens (including phenoxy) is 1. The van der Waals surface area contributed by atoms with Gasteiger partial charge in [-0.15, -0.1) is 0 Å². The third-order valence-electron chi connectivity index (χ3n) is 5.58. The fraction of sp³-hybridized carbons (Fsp3) is 0.667. The molecule has 0 N–H and O–H groups in total. The third kappa shape index (κ3) is 1.71. The van der Waals surface area contributed by atoms with E-state index in [0.717, 1.165) is 5.92 Å². The molecular weight excluding hydrogens is 232 g/mol. The van der Waals surface area contributed by atoms with E-state index < -0.39 is 0 Å². The van der Waals surface area contributed by atoms with E-state index in [0.29, 0.717) is 12.0 Å². The molecule has 0 aromatic heterocycles. The van der Waals surface area contributed by atoms with Crippen LogP contribution in [0, 0.1) is 13.8 Å². The van der Waals surface area contributed by atoms with Crippen molar-refractivity contribution in [1.29, 1.82) is 0 Å². The van der Waals surface area contributed by atoms with Crippen molar-refractivity contribution in [3.63, 3.8) is 0 Å². The van der Waals surface area contributed by atoms with Gasteiger partial charge < -0.3 is 4.74 Å². The first-order valence-corrected chi connectivity index (χ1v) is 7.74. The molecule has 1 heterocycles. The Morgan fingerprint density at radius 1 is 0.895 bits per heavy atom. The van der Waals surface area contributed by atoms with Gasteiger partial charge in [0.2, 0.25) is 0 Å². The fourth-order valence-electron chi connectivity index (χ4n) is 4.49. The van der Waals surface area contributed by atoms with E-state index >= 15 is 0 Å². The molecule has 0 bridgehead atoms. The Kier molecular flexibility index (Phi) is 3.01. The molecule has 3 rings (SSSR count). The summed E-state index contributed by atoms with van der Waals surface area (Å²) in [6.45, 7) is 13.8. The lowest BCUT2D eigenvalue weighted by molar-refractivity contribution is -0.0196. The lowest BCUT2D eigenvalue weighted by atomic mass is 9.77. The molecule has 0 spiro atoms. The van der Waals surface area contributed by atoms with Crippen molar-refractivity contribution >= 4 is 0 Å². The molecule has 0 fully saturated rings. The predicted molar refractivity (Wildman–Crippen MR) is 80.0 cm³/mol. The Bertz CT molecular complexity index is 529. The molecule has 104 valence electrons. The second-order valence-corrected chi connectivity index (χ2v) is 6.68. The summed E-state index contributed by atoms with van der Waals surface area (Å²) >= 11 is 0. The Balaban J connectivity index is 2.32. The summed E-state index contributed by atoms with van der Waals surface area (Å²) in [5, 5.41) is 0. The second kappa shape index (κ2) is 4.34. The van der Waals surface area contributed by atoms with Crippen LogP contribution in [0.15, 0.2) is 0 Å². The van der Waals surface area contributed by atoms with Crippen LogP contribution in [0.3, 0.4) is 0 Å². The Labute approximate surface area is 117 Å². The molecule has 4 unspecified atom stereocenters. The van der Waals surface area contributed by atoms with Crippen molar-refractivity contribution in [2.45, 2.75) is 78.4 Å². The van der Waals surface area contributed by atoms with E-state index in [4.69, 9.17) is 4.74 Å². The first-order chi connectivity index (χ1) is 8.93. The van der Waals surface area contributed by atoms with Crippen LogP contribution in [-0.4, -0.2) is 6.10 Å². The monoisotopic (exact) mass is 258 g/mol. The molecule has 1 nitrogen and oxygen atoms in total. The summed E-state index contributed by atoms with van der Waals surface area (Å²) in [5.41, 5.74) is 9.46. The number of rotatable bonds is 0. The highest BCUT2D eigenvalue weighted by molar-refractivity contribution is 5.57. The van der Waals surface area contributed by atoms with Crippen molar-refractivity contribution in [3.05, 3.63) is 33.4 Å². The largest absolute Gasteiger partial charge is 0.370 e. The van der Waals surface area contributed by atoms with Crippen molar-refractivity contribution in [2.24, 2.45) is 0 Å². The molecule has 0 amide bonds. The summed E-state index contributed by atoms with van der Waals surface area (Å²) in [6, 6.07) is 0. The maximum atomic E-state index is 6.16. The first kappa shape index (κ1) is 13.2. The van der Waals surface area contributed by atoms with Crippen molar-refractivity contribution in [3.8, 4) is 0 Å². The van der Waals surface area contributed by atoms with Gasteiger partial charge in [0.15, 0.2) is 0 Å². The highest BCUT2D eigenvalue weighted by atomic mass is 16.5. The van der Waals surface area contributed by atoms with E-state index in [1.807, 2.05) is 0 Å². The zero-order valence-corrected chi connectivity index (χ0v) is 13.1. The van der Waals surface area contributed by atoms with Crippen LogP contribution < -0.4 is 0 Å². The molecule has 4 atom stereocenters. The fourth-order valence-corrected chi connectivity index (χ4v) is 4.49. The highest BCUT2D eigenvalue weighted by Gasteiger charge is 2.35. The summed E-state index contributed by atoms with van der Waals surface area (Å²) in [6.07, 6.45) is 3.17. The minimum atomic E-state index is 0.248. The quantitative estimate of drug-likeness (QED) is 0.640. The highest BCUT2D eigenvalue weighted by Crippen LogP contribution is 2.47. The molecule has 1 aromatic carbocycles. The smallest absolute Gasteiger partial charge is 0.0806 e. The molecule has 19 heavy (non-hydrogen) atoms. The van der Waals surface area contributed by atoms with E-state index in [9.17, 15) is 0 Å². The van der Waals surface area contributed by atoms with Crippen molar-refractivity contribution in [1.82, 2.24) is 0 Å². The van der Waals surface area contributed by atoms with Gasteiger partial charge in [0.05, 0.1) is 12.2 Å². The van der Waals surface area contributed by atoms with Crippen LogP contribution in [0.25, 0.3) is 0 Å². The Hall–Kier alpha value is -0.820. The van der Waals surface area contributed by atoms with Gasteiger partial charge in [-0.05, 0) is 79.8 Å². The molecule has 1 aliphatic heterocycles. The maximum absolute atomic E-state index is 6.16. The van der Waals surface area contributed by atoms with E-state index in [2.05, 4.69) is 41.5 Å². The van der Waals surface area contributed by atoms with Crippen LogP contribution in [0.4, 0.5) is 0 Å². The van der Waals surface area contributed by atoms with Gasteiger partial charge in [-0.25, -0.2) is 0 Å². The molecular formula is C18H26O.